The first kappa shape index (κ1) is 20.0. The van der Waals surface area contributed by atoms with Gasteiger partial charge in [0.25, 0.3) is 0 Å². The van der Waals surface area contributed by atoms with E-state index in [1.165, 1.54) is 4.90 Å². The second kappa shape index (κ2) is 8.84. The van der Waals surface area contributed by atoms with Crippen molar-refractivity contribution >= 4 is 29.1 Å². The van der Waals surface area contributed by atoms with Crippen LogP contribution in [0.4, 0.5) is 11.4 Å². The van der Waals surface area contributed by atoms with Crippen LogP contribution < -0.4 is 16.4 Å². The summed E-state index contributed by atoms with van der Waals surface area (Å²) in [4.78, 5) is 37.0. The first-order valence-electron chi connectivity index (χ1n) is 8.51. The molecule has 142 valence electrons. The second-order valence-electron chi connectivity index (χ2n) is 6.41. The van der Waals surface area contributed by atoms with Gasteiger partial charge in [0, 0.05) is 24.0 Å². The molecule has 0 fully saturated rings. The maximum atomic E-state index is 12.3. The van der Waals surface area contributed by atoms with Gasteiger partial charge in [-0.3, -0.25) is 14.4 Å². The molecule has 0 heterocycles. The van der Waals surface area contributed by atoms with Crippen molar-refractivity contribution in [1.29, 1.82) is 0 Å². The number of carbonyl (C=O) groups excluding carboxylic acids is 3. The Balaban J connectivity index is 1.88. The van der Waals surface area contributed by atoms with E-state index in [1.807, 2.05) is 38.1 Å². The van der Waals surface area contributed by atoms with Gasteiger partial charge in [-0.15, -0.1) is 0 Å². The lowest BCUT2D eigenvalue weighted by Gasteiger charge is -2.18. The van der Waals surface area contributed by atoms with Crippen LogP contribution in [0.15, 0.2) is 42.5 Å². The van der Waals surface area contributed by atoms with E-state index >= 15 is 0 Å². The molecule has 3 amide bonds. The van der Waals surface area contributed by atoms with Gasteiger partial charge in [-0.2, -0.15) is 0 Å². The zero-order valence-corrected chi connectivity index (χ0v) is 15.7. The largest absolute Gasteiger partial charge is 0.376 e. The molecule has 2 rings (SSSR count). The molecule has 0 saturated carbocycles. The number of hydrogen-bond acceptors (Lipinski definition) is 4. The molecule has 2 aromatic carbocycles. The van der Waals surface area contributed by atoms with E-state index in [0.717, 1.165) is 11.1 Å². The fourth-order valence-corrected chi connectivity index (χ4v) is 2.41. The summed E-state index contributed by atoms with van der Waals surface area (Å²) in [5, 5.41) is 5.74. The molecule has 7 heteroatoms. The highest BCUT2D eigenvalue weighted by Gasteiger charge is 2.14. The van der Waals surface area contributed by atoms with E-state index in [2.05, 4.69) is 10.6 Å². The normalized spacial score (nSPS) is 10.2. The van der Waals surface area contributed by atoms with Gasteiger partial charge in [0.1, 0.15) is 0 Å². The van der Waals surface area contributed by atoms with Crippen molar-refractivity contribution in [2.24, 2.45) is 5.73 Å². The van der Waals surface area contributed by atoms with Crippen LogP contribution in [-0.4, -0.2) is 42.8 Å². The second-order valence-corrected chi connectivity index (χ2v) is 6.41. The number of hydrogen-bond donors (Lipinski definition) is 3. The Bertz CT molecular complexity index is 847. The number of likely N-dealkylation sites (N-methyl/N-ethyl adjacent to an activating group) is 1. The van der Waals surface area contributed by atoms with Gasteiger partial charge in [0.2, 0.25) is 17.7 Å². The number of amides is 3. The van der Waals surface area contributed by atoms with Crippen LogP contribution in [0.3, 0.4) is 0 Å². The molecule has 0 aromatic heterocycles. The zero-order chi connectivity index (χ0) is 20.0. The number of carbonyl (C=O) groups is 3. The predicted molar refractivity (Wildman–Crippen MR) is 106 cm³/mol. The van der Waals surface area contributed by atoms with Gasteiger partial charge in [-0.05, 0) is 43.7 Å². The third-order valence-corrected chi connectivity index (χ3v) is 4.09. The van der Waals surface area contributed by atoms with Crippen LogP contribution in [0.1, 0.15) is 21.5 Å². The molecule has 0 aliphatic carbocycles. The summed E-state index contributed by atoms with van der Waals surface area (Å²) in [6, 6.07) is 12.4. The maximum Gasteiger partial charge on any atom is 0.248 e. The summed E-state index contributed by atoms with van der Waals surface area (Å²) in [5.74, 6) is -1.06. The molecule has 0 saturated heterocycles. The number of nitrogens with two attached hydrogens (primary N) is 1. The van der Waals surface area contributed by atoms with Crippen LogP contribution in [0.5, 0.6) is 0 Å². The minimum atomic E-state index is -0.533. The van der Waals surface area contributed by atoms with Crippen LogP contribution in [0.2, 0.25) is 0 Å². The maximum absolute atomic E-state index is 12.3. The van der Waals surface area contributed by atoms with Crippen molar-refractivity contribution in [3.8, 4) is 0 Å². The minimum absolute atomic E-state index is 0.00261. The number of nitrogens with zero attached hydrogens (tertiary/aromatic N) is 1. The Labute approximate surface area is 158 Å². The van der Waals surface area contributed by atoms with Crippen molar-refractivity contribution in [2.45, 2.75) is 13.8 Å². The van der Waals surface area contributed by atoms with Gasteiger partial charge in [-0.1, -0.05) is 23.8 Å². The molecule has 4 N–H and O–H groups in total. The number of nitrogens with one attached hydrogen (secondary N) is 2. The van der Waals surface area contributed by atoms with Gasteiger partial charge in [0.15, 0.2) is 0 Å². The Morgan fingerprint density at radius 3 is 2.33 bits per heavy atom. The van der Waals surface area contributed by atoms with E-state index in [9.17, 15) is 14.4 Å². The molecule has 0 atom stereocenters. The predicted octanol–water partition coefficient (Wildman–Crippen LogP) is 1.91. The number of primary amides is 1. The Morgan fingerprint density at radius 1 is 1.04 bits per heavy atom. The topological polar surface area (TPSA) is 105 Å². The van der Waals surface area contributed by atoms with E-state index in [4.69, 9.17) is 5.73 Å². The van der Waals surface area contributed by atoms with E-state index in [1.54, 1.807) is 25.2 Å². The van der Waals surface area contributed by atoms with E-state index in [-0.39, 0.29) is 24.9 Å². The highest BCUT2D eigenvalue weighted by Crippen LogP contribution is 2.16. The minimum Gasteiger partial charge on any atom is -0.376 e. The SMILES string of the molecule is Cc1ccc(NC(=O)CN(C)C(=O)CNc2cc(C(N)=O)ccc2C)cc1. The summed E-state index contributed by atoms with van der Waals surface area (Å²) in [5.41, 5.74) is 8.95. The Morgan fingerprint density at radius 2 is 1.70 bits per heavy atom. The van der Waals surface area contributed by atoms with Crippen LogP contribution >= 0.6 is 0 Å². The standard InChI is InChI=1S/C20H24N4O3/c1-13-4-8-16(9-5-13)23-18(25)12-24(3)19(26)11-22-17-10-15(20(21)27)7-6-14(17)2/h4-10,22H,11-12H2,1-3H3,(H2,21,27)(H,23,25). The summed E-state index contributed by atoms with van der Waals surface area (Å²) in [6.07, 6.45) is 0. The third kappa shape index (κ3) is 5.85. The lowest BCUT2D eigenvalue weighted by atomic mass is 10.1. The highest BCUT2D eigenvalue weighted by atomic mass is 16.2. The van der Waals surface area contributed by atoms with Gasteiger partial charge in [0.05, 0.1) is 13.1 Å². The molecule has 0 aliphatic rings. The monoisotopic (exact) mass is 368 g/mol. The van der Waals surface area contributed by atoms with Gasteiger partial charge < -0.3 is 21.3 Å². The number of benzene rings is 2. The quantitative estimate of drug-likeness (QED) is 0.694. The molecule has 27 heavy (non-hydrogen) atoms. The molecular weight excluding hydrogens is 344 g/mol. The fraction of sp³-hybridized carbons (Fsp3) is 0.250. The summed E-state index contributed by atoms with van der Waals surface area (Å²) in [6.45, 7) is 3.76. The van der Waals surface area contributed by atoms with E-state index in [0.29, 0.717) is 16.9 Å². The van der Waals surface area contributed by atoms with Crippen molar-refractivity contribution in [3.05, 3.63) is 59.2 Å². The van der Waals surface area contributed by atoms with Crippen molar-refractivity contribution in [3.63, 3.8) is 0 Å². The van der Waals surface area contributed by atoms with Crippen molar-refractivity contribution in [2.75, 3.05) is 30.8 Å². The molecule has 2 aromatic rings. The zero-order valence-electron chi connectivity index (χ0n) is 15.7. The van der Waals surface area contributed by atoms with Crippen LogP contribution in [0.25, 0.3) is 0 Å². The van der Waals surface area contributed by atoms with Crippen LogP contribution in [0, 0.1) is 13.8 Å². The number of rotatable bonds is 7. The van der Waals surface area contributed by atoms with Crippen molar-refractivity contribution < 1.29 is 14.4 Å². The molecule has 0 radical (unpaired) electrons. The Kier molecular flexibility index (Phi) is 6.54. The number of aryl methyl sites for hydroxylation is 2. The van der Waals surface area contributed by atoms with E-state index < -0.39 is 5.91 Å². The Hall–Kier alpha value is -3.35. The average molecular weight is 368 g/mol. The molecule has 0 spiro atoms. The van der Waals surface area contributed by atoms with Gasteiger partial charge in [-0.25, -0.2) is 0 Å². The molecule has 0 unspecified atom stereocenters. The first-order valence-corrected chi connectivity index (χ1v) is 8.51. The molecule has 0 aliphatic heterocycles. The average Bonchev–Trinajstić information content (AvgIpc) is 2.62. The summed E-state index contributed by atoms with van der Waals surface area (Å²) >= 11 is 0. The smallest absolute Gasteiger partial charge is 0.248 e. The number of anilines is 2. The summed E-state index contributed by atoms with van der Waals surface area (Å²) < 4.78 is 0. The van der Waals surface area contributed by atoms with Gasteiger partial charge >= 0.3 is 0 Å². The van der Waals surface area contributed by atoms with Crippen LogP contribution in [-0.2, 0) is 9.59 Å². The summed E-state index contributed by atoms with van der Waals surface area (Å²) in [7, 11) is 1.56. The third-order valence-electron chi connectivity index (χ3n) is 4.09. The molecular formula is C20H24N4O3. The fourth-order valence-electron chi connectivity index (χ4n) is 2.41. The van der Waals surface area contributed by atoms with Crippen molar-refractivity contribution in [1.82, 2.24) is 4.90 Å². The lowest BCUT2D eigenvalue weighted by Crippen LogP contribution is -2.38. The highest BCUT2D eigenvalue weighted by molar-refractivity contribution is 5.95. The molecule has 7 nitrogen and oxygen atoms in total. The first-order chi connectivity index (χ1) is 12.8. The lowest BCUT2D eigenvalue weighted by molar-refractivity contribution is -0.131. The molecule has 0 bridgehead atoms.